The fourth-order valence-electron chi connectivity index (χ4n) is 2.15. The van der Waals surface area contributed by atoms with Crippen LogP contribution in [0.3, 0.4) is 0 Å². The van der Waals surface area contributed by atoms with E-state index < -0.39 is 5.97 Å². The van der Waals surface area contributed by atoms with E-state index in [1.165, 1.54) is 0 Å². The minimum Gasteiger partial charge on any atom is -0.481 e. The van der Waals surface area contributed by atoms with E-state index in [-0.39, 0.29) is 17.9 Å². The van der Waals surface area contributed by atoms with Gasteiger partial charge in [0.15, 0.2) is 0 Å². The lowest BCUT2D eigenvalue weighted by Gasteiger charge is -2.12. The summed E-state index contributed by atoms with van der Waals surface area (Å²) < 4.78 is 0.602. The highest BCUT2D eigenvalue weighted by molar-refractivity contribution is 9.10. The van der Waals surface area contributed by atoms with Crippen molar-refractivity contribution in [2.75, 3.05) is 0 Å². The Balaban J connectivity index is 1.95. The van der Waals surface area contributed by atoms with Crippen LogP contribution in [0.5, 0.6) is 0 Å². The van der Waals surface area contributed by atoms with E-state index in [4.69, 9.17) is 5.11 Å². The molecule has 1 heterocycles. The van der Waals surface area contributed by atoms with Gasteiger partial charge in [0, 0.05) is 17.8 Å². The number of hydrogen-bond donors (Lipinski definition) is 2. The summed E-state index contributed by atoms with van der Waals surface area (Å²) in [6.07, 6.45) is 3.40. The number of halogens is 1. The molecule has 1 aliphatic rings. The van der Waals surface area contributed by atoms with Crippen LogP contribution in [-0.2, 0) is 4.79 Å². The lowest BCUT2D eigenvalue weighted by molar-refractivity contribution is -0.141. The summed E-state index contributed by atoms with van der Waals surface area (Å²) in [4.78, 5) is 26.7. The summed E-state index contributed by atoms with van der Waals surface area (Å²) in [6.45, 7) is 0. The molecule has 0 saturated heterocycles. The minimum absolute atomic E-state index is 0.0504. The van der Waals surface area contributed by atoms with Crippen molar-refractivity contribution in [3.63, 3.8) is 0 Å². The number of amides is 1. The largest absolute Gasteiger partial charge is 0.481 e. The van der Waals surface area contributed by atoms with Gasteiger partial charge in [-0.25, -0.2) is 4.98 Å². The zero-order valence-corrected chi connectivity index (χ0v) is 11.2. The van der Waals surface area contributed by atoms with Gasteiger partial charge in [0.1, 0.15) is 4.60 Å². The summed E-state index contributed by atoms with van der Waals surface area (Å²) in [5.74, 6) is -1.30. The molecule has 0 aliphatic heterocycles. The first-order valence-electron chi connectivity index (χ1n) is 5.71. The molecule has 0 radical (unpaired) electrons. The Morgan fingerprint density at radius 3 is 2.83 bits per heavy atom. The molecule has 0 spiro atoms. The number of carboxylic acids is 1. The van der Waals surface area contributed by atoms with Crippen molar-refractivity contribution in [3.05, 3.63) is 28.5 Å². The Hall–Kier alpha value is -1.43. The molecule has 2 atom stereocenters. The van der Waals surface area contributed by atoms with Crippen molar-refractivity contribution >= 4 is 27.8 Å². The van der Waals surface area contributed by atoms with E-state index in [2.05, 4.69) is 26.2 Å². The van der Waals surface area contributed by atoms with Gasteiger partial charge in [-0.1, -0.05) is 0 Å². The second-order valence-corrected chi connectivity index (χ2v) is 5.20. The number of nitrogens with one attached hydrogen (secondary N) is 1. The third-order valence-electron chi connectivity index (χ3n) is 3.11. The molecule has 0 bridgehead atoms. The van der Waals surface area contributed by atoms with Crippen molar-refractivity contribution < 1.29 is 14.7 Å². The van der Waals surface area contributed by atoms with E-state index in [0.717, 1.165) is 6.42 Å². The first-order chi connectivity index (χ1) is 8.56. The number of nitrogens with zero attached hydrogens (tertiary/aromatic N) is 1. The van der Waals surface area contributed by atoms with E-state index in [0.29, 0.717) is 23.0 Å². The van der Waals surface area contributed by atoms with E-state index in [1.807, 2.05) is 0 Å². The molecule has 1 aromatic rings. The molecular formula is C12H13BrN2O3. The molecule has 0 aromatic carbocycles. The van der Waals surface area contributed by atoms with Gasteiger partial charge in [-0.2, -0.15) is 0 Å². The van der Waals surface area contributed by atoms with Gasteiger partial charge < -0.3 is 10.4 Å². The molecule has 96 valence electrons. The second kappa shape index (κ2) is 5.48. The van der Waals surface area contributed by atoms with Crippen LogP contribution in [0.1, 0.15) is 29.6 Å². The zero-order chi connectivity index (χ0) is 13.1. The highest BCUT2D eigenvalue weighted by Crippen LogP contribution is 2.25. The Kier molecular flexibility index (Phi) is 3.96. The quantitative estimate of drug-likeness (QED) is 0.834. The van der Waals surface area contributed by atoms with E-state index in [9.17, 15) is 9.59 Å². The van der Waals surface area contributed by atoms with E-state index >= 15 is 0 Å². The number of carbonyl (C=O) groups is 2. The number of aliphatic carboxylic acids is 1. The molecule has 2 N–H and O–H groups in total. The van der Waals surface area contributed by atoms with Gasteiger partial charge >= 0.3 is 5.97 Å². The smallest absolute Gasteiger partial charge is 0.306 e. The normalized spacial score (nSPS) is 22.7. The minimum atomic E-state index is -0.779. The van der Waals surface area contributed by atoms with Crippen LogP contribution >= 0.6 is 15.9 Å². The average molecular weight is 313 g/mol. The molecule has 1 amide bonds. The van der Waals surface area contributed by atoms with Gasteiger partial charge in [0.25, 0.3) is 5.91 Å². The molecule has 6 heteroatoms. The standard InChI is InChI=1S/C12H13BrN2O3/c13-10-6-7(3-4-14-10)11(16)15-9-2-1-8(5-9)12(17)18/h3-4,6,8-9H,1-2,5H2,(H,15,16)(H,17,18)/t8-,9+/m1/s1. The third kappa shape index (κ3) is 3.07. The zero-order valence-electron chi connectivity index (χ0n) is 9.60. The maximum atomic E-state index is 11.9. The van der Waals surface area contributed by atoms with Gasteiger partial charge in [0.2, 0.25) is 0 Å². The van der Waals surface area contributed by atoms with Gasteiger partial charge in [-0.15, -0.1) is 0 Å². The number of rotatable bonds is 3. The number of carboxylic acid groups (broad SMARTS) is 1. The Morgan fingerprint density at radius 1 is 1.44 bits per heavy atom. The topological polar surface area (TPSA) is 79.3 Å². The van der Waals surface area contributed by atoms with Crippen molar-refractivity contribution in [1.29, 1.82) is 0 Å². The summed E-state index contributed by atoms with van der Waals surface area (Å²) in [5, 5.41) is 11.7. The molecule has 1 aromatic heterocycles. The number of pyridine rings is 1. The van der Waals surface area contributed by atoms with Crippen molar-refractivity contribution in [2.45, 2.75) is 25.3 Å². The number of hydrogen-bond acceptors (Lipinski definition) is 3. The summed E-state index contributed by atoms with van der Waals surface area (Å²) in [7, 11) is 0. The molecule has 0 unspecified atom stereocenters. The van der Waals surface area contributed by atoms with Gasteiger partial charge in [-0.05, 0) is 47.3 Å². The van der Waals surface area contributed by atoms with E-state index in [1.54, 1.807) is 18.3 Å². The Bertz CT molecular complexity index is 478. The van der Waals surface area contributed by atoms with Crippen LogP contribution in [0.15, 0.2) is 22.9 Å². The fraction of sp³-hybridized carbons (Fsp3) is 0.417. The first-order valence-corrected chi connectivity index (χ1v) is 6.51. The van der Waals surface area contributed by atoms with Crippen LogP contribution in [0.25, 0.3) is 0 Å². The van der Waals surface area contributed by atoms with Crippen molar-refractivity contribution in [3.8, 4) is 0 Å². The molecule has 2 rings (SSSR count). The molecular weight excluding hydrogens is 300 g/mol. The lowest BCUT2D eigenvalue weighted by Crippen LogP contribution is -2.33. The third-order valence-corrected chi connectivity index (χ3v) is 3.54. The average Bonchev–Trinajstić information content (AvgIpc) is 2.77. The lowest BCUT2D eigenvalue weighted by atomic mass is 10.1. The molecule has 1 saturated carbocycles. The van der Waals surface area contributed by atoms with Gasteiger partial charge in [-0.3, -0.25) is 9.59 Å². The van der Waals surface area contributed by atoms with Crippen molar-refractivity contribution in [1.82, 2.24) is 10.3 Å². The highest BCUT2D eigenvalue weighted by atomic mass is 79.9. The maximum absolute atomic E-state index is 11.9. The SMILES string of the molecule is O=C(N[C@H]1CC[C@@H](C(=O)O)C1)c1ccnc(Br)c1. The van der Waals surface area contributed by atoms with Crippen LogP contribution in [0.2, 0.25) is 0 Å². The maximum Gasteiger partial charge on any atom is 0.306 e. The predicted octanol–water partition coefficient (Wildman–Crippen LogP) is 1.83. The molecule has 5 nitrogen and oxygen atoms in total. The van der Waals surface area contributed by atoms with Gasteiger partial charge in [0.05, 0.1) is 5.92 Å². The Labute approximate surface area is 113 Å². The monoisotopic (exact) mass is 312 g/mol. The molecule has 1 aliphatic carbocycles. The second-order valence-electron chi connectivity index (χ2n) is 4.39. The predicted molar refractivity (Wildman–Crippen MR) is 68.2 cm³/mol. The first kappa shape index (κ1) is 13.0. The molecule has 18 heavy (non-hydrogen) atoms. The number of aromatic nitrogens is 1. The van der Waals surface area contributed by atoms with Crippen LogP contribution < -0.4 is 5.32 Å². The summed E-state index contributed by atoms with van der Waals surface area (Å²) in [6, 6.07) is 3.22. The molecule has 1 fully saturated rings. The van der Waals surface area contributed by atoms with Crippen molar-refractivity contribution in [2.24, 2.45) is 5.92 Å². The number of carbonyl (C=O) groups excluding carboxylic acids is 1. The summed E-state index contributed by atoms with van der Waals surface area (Å²) >= 11 is 3.20. The van der Waals surface area contributed by atoms with Crippen LogP contribution in [0, 0.1) is 5.92 Å². The fourth-order valence-corrected chi connectivity index (χ4v) is 2.51. The van der Waals surface area contributed by atoms with Crippen LogP contribution in [-0.4, -0.2) is 28.0 Å². The Morgan fingerprint density at radius 2 is 2.22 bits per heavy atom. The highest BCUT2D eigenvalue weighted by Gasteiger charge is 2.30. The van der Waals surface area contributed by atoms with Crippen LogP contribution in [0.4, 0.5) is 0 Å². The summed E-state index contributed by atoms with van der Waals surface area (Å²) in [5.41, 5.74) is 0.524.